The Hall–Kier alpha value is -1.46. The minimum Gasteiger partial charge on any atom is -0.481 e. The Morgan fingerprint density at radius 2 is 2.00 bits per heavy atom. The fourth-order valence-corrected chi connectivity index (χ4v) is 2.01. The van der Waals surface area contributed by atoms with E-state index in [1.807, 2.05) is 6.92 Å². The van der Waals surface area contributed by atoms with Crippen LogP contribution in [0.5, 0.6) is 0 Å². The first-order chi connectivity index (χ1) is 9.32. The van der Waals surface area contributed by atoms with Crippen LogP contribution in [0.25, 0.3) is 0 Å². The van der Waals surface area contributed by atoms with Crippen LogP contribution >= 0.6 is 23.2 Å². The maximum atomic E-state index is 12.0. The number of hydrogen-bond donors (Lipinski definition) is 2. The number of urea groups is 1. The lowest BCUT2D eigenvalue weighted by Gasteiger charge is -2.19. The van der Waals surface area contributed by atoms with Gasteiger partial charge in [-0.1, -0.05) is 29.3 Å². The molecule has 0 unspecified atom stereocenters. The molecule has 0 aliphatic carbocycles. The van der Waals surface area contributed by atoms with Gasteiger partial charge in [0, 0.05) is 20.0 Å². The molecule has 1 aromatic carbocycles. The zero-order chi connectivity index (χ0) is 15.3. The van der Waals surface area contributed by atoms with Crippen molar-refractivity contribution in [3.8, 4) is 0 Å². The summed E-state index contributed by atoms with van der Waals surface area (Å²) in [4.78, 5) is 23.8. The Labute approximate surface area is 127 Å². The van der Waals surface area contributed by atoms with Crippen LogP contribution in [0.1, 0.15) is 18.4 Å². The van der Waals surface area contributed by atoms with Crippen LogP contribution in [-0.4, -0.2) is 35.6 Å². The molecule has 0 fully saturated rings. The summed E-state index contributed by atoms with van der Waals surface area (Å²) in [7, 11) is 1.58. The van der Waals surface area contributed by atoms with E-state index in [1.165, 1.54) is 4.90 Å². The molecule has 7 heteroatoms. The Kier molecular flexibility index (Phi) is 6.10. The molecule has 1 aromatic rings. The number of carbonyl (C=O) groups excluding carboxylic acids is 1. The van der Waals surface area contributed by atoms with Gasteiger partial charge < -0.3 is 15.3 Å². The monoisotopic (exact) mass is 318 g/mol. The standard InChI is InChI=1S/C13H16Cl2N2O3/c1-8-5-6-9(14)12(11(8)15)16-13(20)17(2)7-3-4-10(18)19/h5-6H,3-4,7H2,1-2H3,(H,16,20)(H,18,19). The average molecular weight is 319 g/mol. The highest BCUT2D eigenvalue weighted by molar-refractivity contribution is 6.40. The summed E-state index contributed by atoms with van der Waals surface area (Å²) in [6.45, 7) is 2.14. The second-order valence-electron chi connectivity index (χ2n) is 4.40. The van der Waals surface area contributed by atoms with E-state index >= 15 is 0 Å². The first-order valence-electron chi connectivity index (χ1n) is 6.01. The van der Waals surface area contributed by atoms with Gasteiger partial charge in [-0.15, -0.1) is 0 Å². The Morgan fingerprint density at radius 3 is 2.60 bits per heavy atom. The molecule has 0 spiro atoms. The normalized spacial score (nSPS) is 10.2. The molecule has 5 nitrogen and oxygen atoms in total. The highest BCUT2D eigenvalue weighted by atomic mass is 35.5. The van der Waals surface area contributed by atoms with E-state index in [0.717, 1.165) is 5.56 Å². The molecular weight excluding hydrogens is 303 g/mol. The largest absolute Gasteiger partial charge is 0.481 e. The Bertz CT molecular complexity index is 521. The van der Waals surface area contributed by atoms with Crippen molar-refractivity contribution in [1.82, 2.24) is 4.90 Å². The zero-order valence-electron chi connectivity index (χ0n) is 11.2. The van der Waals surface area contributed by atoms with E-state index in [1.54, 1.807) is 19.2 Å². The van der Waals surface area contributed by atoms with Gasteiger partial charge in [0.1, 0.15) is 0 Å². The number of benzene rings is 1. The highest BCUT2D eigenvalue weighted by Crippen LogP contribution is 2.32. The molecule has 0 atom stereocenters. The molecular formula is C13H16Cl2N2O3. The second kappa shape index (κ2) is 7.36. The Morgan fingerprint density at radius 1 is 1.35 bits per heavy atom. The number of carbonyl (C=O) groups is 2. The van der Waals surface area contributed by atoms with E-state index in [4.69, 9.17) is 28.3 Å². The van der Waals surface area contributed by atoms with E-state index in [-0.39, 0.29) is 12.5 Å². The van der Waals surface area contributed by atoms with E-state index in [2.05, 4.69) is 5.32 Å². The summed E-state index contributed by atoms with van der Waals surface area (Å²) in [5, 5.41) is 11.9. The molecule has 0 aromatic heterocycles. The molecule has 0 heterocycles. The SMILES string of the molecule is Cc1ccc(Cl)c(NC(=O)N(C)CCCC(=O)O)c1Cl. The number of aliphatic carboxylic acids is 1. The van der Waals surface area contributed by atoms with Crippen molar-refractivity contribution >= 4 is 40.9 Å². The fourth-order valence-electron chi connectivity index (χ4n) is 1.54. The van der Waals surface area contributed by atoms with E-state index in [9.17, 15) is 9.59 Å². The van der Waals surface area contributed by atoms with Crippen molar-refractivity contribution < 1.29 is 14.7 Å². The van der Waals surface area contributed by atoms with Crippen LogP contribution in [0.3, 0.4) is 0 Å². The topological polar surface area (TPSA) is 69.6 Å². The molecule has 0 aliphatic heterocycles. The number of nitrogens with one attached hydrogen (secondary N) is 1. The van der Waals surface area contributed by atoms with Gasteiger partial charge in [-0.25, -0.2) is 4.79 Å². The van der Waals surface area contributed by atoms with Crippen molar-refractivity contribution in [2.24, 2.45) is 0 Å². The number of nitrogens with zero attached hydrogens (tertiary/aromatic N) is 1. The fraction of sp³-hybridized carbons (Fsp3) is 0.385. The van der Waals surface area contributed by atoms with E-state index in [0.29, 0.717) is 28.7 Å². The van der Waals surface area contributed by atoms with Crippen LogP contribution in [0.2, 0.25) is 10.0 Å². The van der Waals surface area contributed by atoms with Gasteiger partial charge in [-0.3, -0.25) is 4.79 Å². The third-order valence-electron chi connectivity index (χ3n) is 2.75. The van der Waals surface area contributed by atoms with Gasteiger partial charge in [0.25, 0.3) is 0 Å². The van der Waals surface area contributed by atoms with Crippen LogP contribution in [0, 0.1) is 6.92 Å². The van der Waals surface area contributed by atoms with Crippen molar-refractivity contribution in [3.63, 3.8) is 0 Å². The van der Waals surface area contributed by atoms with E-state index < -0.39 is 5.97 Å². The molecule has 110 valence electrons. The highest BCUT2D eigenvalue weighted by Gasteiger charge is 2.14. The minimum atomic E-state index is -0.886. The smallest absolute Gasteiger partial charge is 0.321 e. The maximum Gasteiger partial charge on any atom is 0.321 e. The molecule has 2 N–H and O–H groups in total. The summed E-state index contributed by atoms with van der Waals surface area (Å²) < 4.78 is 0. The minimum absolute atomic E-state index is 0.0174. The van der Waals surface area contributed by atoms with Crippen molar-refractivity contribution in [2.45, 2.75) is 19.8 Å². The maximum absolute atomic E-state index is 12.0. The summed E-state index contributed by atoms with van der Waals surface area (Å²) >= 11 is 12.1. The average Bonchev–Trinajstić information content (AvgIpc) is 2.38. The number of amides is 2. The number of rotatable bonds is 5. The summed E-state index contributed by atoms with van der Waals surface area (Å²) in [5.41, 5.74) is 1.17. The molecule has 0 saturated heterocycles. The van der Waals surface area contributed by atoms with Crippen molar-refractivity contribution in [3.05, 3.63) is 27.7 Å². The number of halogens is 2. The third kappa shape index (κ3) is 4.58. The number of anilines is 1. The second-order valence-corrected chi connectivity index (χ2v) is 5.19. The number of carboxylic acid groups (broad SMARTS) is 1. The van der Waals surface area contributed by atoms with Crippen LogP contribution in [0.4, 0.5) is 10.5 Å². The first kappa shape index (κ1) is 16.6. The van der Waals surface area contributed by atoms with Gasteiger partial charge in [0.2, 0.25) is 0 Å². The van der Waals surface area contributed by atoms with Crippen LogP contribution < -0.4 is 5.32 Å². The number of carboxylic acids is 1. The summed E-state index contributed by atoms with van der Waals surface area (Å²) in [6, 6.07) is 3.03. The third-order valence-corrected chi connectivity index (χ3v) is 3.55. The number of aryl methyl sites for hydroxylation is 1. The predicted molar refractivity (Wildman–Crippen MR) is 79.7 cm³/mol. The number of hydrogen-bond acceptors (Lipinski definition) is 2. The van der Waals surface area contributed by atoms with Gasteiger partial charge in [0.15, 0.2) is 0 Å². The van der Waals surface area contributed by atoms with Crippen molar-refractivity contribution in [2.75, 3.05) is 18.9 Å². The molecule has 0 bridgehead atoms. The molecule has 0 saturated carbocycles. The van der Waals surface area contributed by atoms with Gasteiger partial charge in [-0.05, 0) is 25.0 Å². The first-order valence-corrected chi connectivity index (χ1v) is 6.77. The molecule has 20 heavy (non-hydrogen) atoms. The summed E-state index contributed by atoms with van der Waals surface area (Å²) in [6.07, 6.45) is 0.401. The lowest BCUT2D eigenvalue weighted by Crippen LogP contribution is -2.32. The van der Waals surface area contributed by atoms with Crippen molar-refractivity contribution in [1.29, 1.82) is 0 Å². The van der Waals surface area contributed by atoms with Crippen LogP contribution in [-0.2, 0) is 4.79 Å². The molecule has 0 radical (unpaired) electrons. The Balaban J connectivity index is 2.66. The van der Waals surface area contributed by atoms with Gasteiger partial charge in [0.05, 0.1) is 15.7 Å². The van der Waals surface area contributed by atoms with Crippen LogP contribution in [0.15, 0.2) is 12.1 Å². The molecule has 1 rings (SSSR count). The lowest BCUT2D eigenvalue weighted by molar-refractivity contribution is -0.137. The molecule has 0 aliphatic rings. The zero-order valence-corrected chi connectivity index (χ0v) is 12.8. The molecule has 2 amide bonds. The van der Waals surface area contributed by atoms with Gasteiger partial charge in [-0.2, -0.15) is 0 Å². The quantitative estimate of drug-likeness (QED) is 0.870. The summed E-state index contributed by atoms with van der Waals surface area (Å²) in [5.74, 6) is -0.886. The lowest BCUT2D eigenvalue weighted by atomic mass is 10.2. The predicted octanol–water partition coefficient (Wildman–Crippen LogP) is 3.63. The van der Waals surface area contributed by atoms with Gasteiger partial charge >= 0.3 is 12.0 Å².